The number of carbonyl (C=O) groups excluding carboxylic acids is 1. The van der Waals surface area contributed by atoms with Gasteiger partial charge < -0.3 is 20.7 Å². The van der Waals surface area contributed by atoms with E-state index in [2.05, 4.69) is 5.32 Å². The molecule has 6 heteroatoms. The van der Waals surface area contributed by atoms with Crippen molar-refractivity contribution in [2.45, 2.75) is 18.9 Å². The molecule has 1 amide bonds. The van der Waals surface area contributed by atoms with Crippen LogP contribution in [0.5, 0.6) is 0 Å². The molecule has 0 aromatic heterocycles. The van der Waals surface area contributed by atoms with Gasteiger partial charge in [0.25, 0.3) is 0 Å². The Morgan fingerprint density at radius 1 is 1.50 bits per heavy atom. The summed E-state index contributed by atoms with van der Waals surface area (Å²) in [6, 6.07) is 4.83. The quantitative estimate of drug-likeness (QED) is 0.757. The van der Waals surface area contributed by atoms with Gasteiger partial charge in [0, 0.05) is 27.8 Å². The van der Waals surface area contributed by atoms with E-state index >= 15 is 0 Å². The van der Waals surface area contributed by atoms with Crippen LogP contribution in [0.1, 0.15) is 12.8 Å². The van der Waals surface area contributed by atoms with Crippen molar-refractivity contribution in [3.63, 3.8) is 0 Å². The molecule has 0 spiro atoms. The van der Waals surface area contributed by atoms with Crippen molar-refractivity contribution in [1.29, 1.82) is 0 Å². The Kier molecular flexibility index (Phi) is 6.78. The van der Waals surface area contributed by atoms with Gasteiger partial charge >= 0.3 is 0 Å². The van der Waals surface area contributed by atoms with Crippen LogP contribution in [0.4, 0.5) is 11.4 Å². The van der Waals surface area contributed by atoms with Gasteiger partial charge in [-0.2, -0.15) is 0 Å². The van der Waals surface area contributed by atoms with E-state index in [0.29, 0.717) is 23.7 Å². The molecular formula is C14H22ClN3O2. The predicted octanol–water partition coefficient (Wildman–Crippen LogP) is 2.10. The molecule has 112 valence electrons. The third-order valence-corrected chi connectivity index (χ3v) is 3.20. The Hall–Kier alpha value is -1.30. The molecule has 0 aliphatic carbocycles. The second-order valence-electron chi connectivity index (χ2n) is 4.76. The SMILES string of the molecule is COCCCC(N)C(=O)Nc1cccc(Cl)c1N(C)C. The number of hydrogen-bond acceptors (Lipinski definition) is 4. The summed E-state index contributed by atoms with van der Waals surface area (Å²) in [7, 11) is 5.37. The van der Waals surface area contributed by atoms with E-state index in [0.717, 1.165) is 12.1 Å². The van der Waals surface area contributed by atoms with Crippen molar-refractivity contribution in [3.8, 4) is 0 Å². The van der Waals surface area contributed by atoms with E-state index in [1.165, 1.54) is 0 Å². The van der Waals surface area contributed by atoms with Gasteiger partial charge in [0.2, 0.25) is 5.91 Å². The molecule has 0 aliphatic rings. The fourth-order valence-corrected chi connectivity index (χ4v) is 2.22. The highest BCUT2D eigenvalue weighted by molar-refractivity contribution is 6.34. The van der Waals surface area contributed by atoms with Crippen LogP contribution in [0.3, 0.4) is 0 Å². The van der Waals surface area contributed by atoms with Gasteiger partial charge in [0.05, 0.1) is 22.4 Å². The minimum Gasteiger partial charge on any atom is -0.385 e. The van der Waals surface area contributed by atoms with Crippen LogP contribution in [0.2, 0.25) is 5.02 Å². The molecule has 1 atom stereocenters. The lowest BCUT2D eigenvalue weighted by molar-refractivity contribution is -0.117. The molecule has 0 saturated heterocycles. The monoisotopic (exact) mass is 299 g/mol. The van der Waals surface area contributed by atoms with Crippen molar-refractivity contribution < 1.29 is 9.53 Å². The zero-order chi connectivity index (χ0) is 15.1. The zero-order valence-corrected chi connectivity index (χ0v) is 12.9. The van der Waals surface area contributed by atoms with Crippen molar-refractivity contribution in [2.24, 2.45) is 5.73 Å². The van der Waals surface area contributed by atoms with E-state index in [1.807, 2.05) is 19.0 Å². The van der Waals surface area contributed by atoms with Crippen LogP contribution in [0.25, 0.3) is 0 Å². The Bertz CT molecular complexity index is 452. The van der Waals surface area contributed by atoms with Crippen molar-refractivity contribution in [3.05, 3.63) is 23.2 Å². The topological polar surface area (TPSA) is 67.6 Å². The Morgan fingerprint density at radius 3 is 2.80 bits per heavy atom. The number of para-hydroxylation sites is 1. The smallest absolute Gasteiger partial charge is 0.241 e. The highest BCUT2D eigenvalue weighted by Crippen LogP contribution is 2.32. The van der Waals surface area contributed by atoms with Crippen LogP contribution in [-0.2, 0) is 9.53 Å². The maximum Gasteiger partial charge on any atom is 0.241 e. The lowest BCUT2D eigenvalue weighted by atomic mass is 10.1. The number of amides is 1. The number of ether oxygens (including phenoxy) is 1. The third-order valence-electron chi connectivity index (χ3n) is 2.89. The summed E-state index contributed by atoms with van der Waals surface area (Å²) in [5, 5.41) is 3.41. The Morgan fingerprint density at radius 2 is 2.20 bits per heavy atom. The first kappa shape index (κ1) is 16.8. The van der Waals surface area contributed by atoms with Gasteiger partial charge in [-0.1, -0.05) is 17.7 Å². The minimum atomic E-state index is -0.556. The summed E-state index contributed by atoms with van der Waals surface area (Å²) in [5.41, 5.74) is 7.29. The number of anilines is 2. The second-order valence-corrected chi connectivity index (χ2v) is 5.17. The number of halogens is 1. The largest absolute Gasteiger partial charge is 0.385 e. The molecule has 0 fully saturated rings. The number of rotatable bonds is 7. The van der Waals surface area contributed by atoms with Crippen LogP contribution >= 0.6 is 11.6 Å². The van der Waals surface area contributed by atoms with Gasteiger partial charge in [-0.3, -0.25) is 4.79 Å². The molecule has 0 aliphatic heterocycles. The summed E-state index contributed by atoms with van der Waals surface area (Å²) in [4.78, 5) is 13.9. The number of hydrogen-bond donors (Lipinski definition) is 2. The molecule has 1 aromatic rings. The zero-order valence-electron chi connectivity index (χ0n) is 12.1. The van der Waals surface area contributed by atoms with Gasteiger partial charge in [-0.05, 0) is 25.0 Å². The molecule has 0 saturated carbocycles. The number of nitrogens with one attached hydrogen (secondary N) is 1. The summed E-state index contributed by atoms with van der Waals surface area (Å²) in [5.74, 6) is -0.216. The first-order chi connectivity index (χ1) is 9.47. The maximum atomic E-state index is 12.1. The number of nitrogens with zero attached hydrogens (tertiary/aromatic N) is 1. The van der Waals surface area contributed by atoms with Gasteiger partial charge in [0.15, 0.2) is 0 Å². The Balaban J connectivity index is 2.73. The average molecular weight is 300 g/mol. The summed E-state index contributed by atoms with van der Waals surface area (Å²) in [6.07, 6.45) is 1.33. The van der Waals surface area contributed by atoms with E-state index in [4.69, 9.17) is 22.1 Å². The highest BCUT2D eigenvalue weighted by Gasteiger charge is 2.16. The maximum absolute atomic E-state index is 12.1. The number of carbonyl (C=O) groups is 1. The number of nitrogens with two attached hydrogens (primary N) is 1. The highest BCUT2D eigenvalue weighted by atomic mass is 35.5. The van der Waals surface area contributed by atoms with Crippen LogP contribution in [0.15, 0.2) is 18.2 Å². The van der Waals surface area contributed by atoms with Crippen molar-refractivity contribution in [1.82, 2.24) is 0 Å². The lowest BCUT2D eigenvalue weighted by Gasteiger charge is -2.20. The van der Waals surface area contributed by atoms with Crippen molar-refractivity contribution >= 4 is 28.9 Å². The third kappa shape index (κ3) is 4.67. The number of methoxy groups -OCH3 is 1. The van der Waals surface area contributed by atoms with Gasteiger partial charge in [-0.15, -0.1) is 0 Å². The molecular weight excluding hydrogens is 278 g/mol. The summed E-state index contributed by atoms with van der Waals surface area (Å²) >= 11 is 6.15. The van der Waals surface area contributed by atoms with Crippen molar-refractivity contribution in [2.75, 3.05) is 38.0 Å². The van der Waals surface area contributed by atoms with Crippen LogP contribution < -0.4 is 16.0 Å². The molecule has 5 nitrogen and oxygen atoms in total. The second kappa shape index (κ2) is 8.09. The Labute approximate surface area is 125 Å². The first-order valence-corrected chi connectivity index (χ1v) is 6.86. The molecule has 0 radical (unpaired) electrons. The molecule has 0 heterocycles. The predicted molar refractivity (Wildman–Crippen MR) is 83.5 cm³/mol. The van der Waals surface area contributed by atoms with E-state index in [9.17, 15) is 4.79 Å². The molecule has 1 rings (SSSR count). The lowest BCUT2D eigenvalue weighted by Crippen LogP contribution is -2.36. The van der Waals surface area contributed by atoms with Gasteiger partial charge in [0.1, 0.15) is 0 Å². The fourth-order valence-electron chi connectivity index (χ4n) is 1.87. The van der Waals surface area contributed by atoms with E-state index in [-0.39, 0.29) is 5.91 Å². The molecule has 1 unspecified atom stereocenters. The van der Waals surface area contributed by atoms with E-state index < -0.39 is 6.04 Å². The number of benzene rings is 1. The minimum absolute atomic E-state index is 0.216. The van der Waals surface area contributed by atoms with Crippen LogP contribution in [0, 0.1) is 0 Å². The molecule has 3 N–H and O–H groups in total. The molecule has 20 heavy (non-hydrogen) atoms. The molecule has 1 aromatic carbocycles. The van der Waals surface area contributed by atoms with Crippen LogP contribution in [-0.4, -0.2) is 39.8 Å². The molecule has 0 bridgehead atoms. The normalized spacial score (nSPS) is 12.1. The van der Waals surface area contributed by atoms with Gasteiger partial charge in [-0.25, -0.2) is 0 Å². The first-order valence-electron chi connectivity index (χ1n) is 6.48. The standard InChI is InChI=1S/C14H22ClN3O2/c1-18(2)13-10(15)6-4-8-12(13)17-14(19)11(16)7-5-9-20-3/h4,6,8,11H,5,7,9,16H2,1-3H3,(H,17,19). The summed E-state index contributed by atoms with van der Waals surface area (Å²) < 4.78 is 4.95. The average Bonchev–Trinajstić information content (AvgIpc) is 2.38. The van der Waals surface area contributed by atoms with E-state index in [1.54, 1.807) is 25.3 Å². The summed E-state index contributed by atoms with van der Waals surface area (Å²) in [6.45, 7) is 0.598. The fraction of sp³-hybridized carbons (Fsp3) is 0.500.